The van der Waals surface area contributed by atoms with E-state index in [9.17, 15) is 58.2 Å². The van der Waals surface area contributed by atoms with Crippen molar-refractivity contribution < 1.29 is 68.9 Å². The highest BCUT2D eigenvalue weighted by Crippen LogP contribution is 2.15. The number of phenolic OH excluding ortho intramolecular Hbond substituents is 1. The van der Waals surface area contributed by atoms with Gasteiger partial charge in [-0.3, -0.25) is 59.6 Å². The predicted octanol–water partition coefficient (Wildman–Crippen LogP) is -3.44. The summed E-state index contributed by atoms with van der Waals surface area (Å²) in [5.41, 5.74) is 21.2. The second-order valence-corrected chi connectivity index (χ2v) is 21.3. The summed E-state index contributed by atoms with van der Waals surface area (Å²) in [5, 5.41) is 40.9. The summed E-state index contributed by atoms with van der Waals surface area (Å²) in [6, 6.07) is -5.33. The Bertz CT molecular complexity index is 2120. The lowest BCUT2D eigenvalue weighted by Crippen LogP contribution is -2.78. The smallest absolute Gasteiger partial charge is 0.338 e. The molecule has 0 saturated heterocycles. The lowest BCUT2D eigenvalue weighted by molar-refractivity contribution is -0.459. The summed E-state index contributed by atoms with van der Waals surface area (Å²) in [7, 11) is 0. The molecule has 0 spiro atoms. The number of aliphatic carboxylic acids is 1. The summed E-state index contributed by atoms with van der Waals surface area (Å²) in [6.07, 6.45) is 1.61. The second-order valence-electron chi connectivity index (χ2n) is 21.3. The van der Waals surface area contributed by atoms with Gasteiger partial charge < -0.3 is 69.0 Å². The lowest BCUT2D eigenvalue weighted by atomic mass is 9.98. The third-order valence-electron chi connectivity index (χ3n) is 11.9. The molecule has 0 aliphatic heterocycles. The summed E-state index contributed by atoms with van der Waals surface area (Å²) in [5.74, 6) is -8.45. The highest BCUT2D eigenvalue weighted by molar-refractivity contribution is 5.98. The Morgan fingerprint density at radius 2 is 0.909 bits per heavy atom. The first-order valence-corrected chi connectivity index (χ1v) is 26.6. The van der Waals surface area contributed by atoms with Crippen LogP contribution in [0, 0.1) is 23.7 Å². The summed E-state index contributed by atoms with van der Waals surface area (Å²) < 4.78 is 0. The quantitative estimate of drug-likeness (QED) is 0.0133. The number of carboxylic acids is 1. The molecule has 8 amide bonds. The van der Waals surface area contributed by atoms with Crippen molar-refractivity contribution in [2.24, 2.45) is 40.9 Å². The van der Waals surface area contributed by atoms with E-state index in [0.29, 0.717) is 31.2 Å². The zero-order valence-corrected chi connectivity index (χ0v) is 46.5. The number of amides is 8. The van der Waals surface area contributed by atoms with E-state index < -0.39 is 114 Å². The van der Waals surface area contributed by atoms with E-state index in [1.54, 1.807) is 27.7 Å². The van der Waals surface area contributed by atoms with Gasteiger partial charge in [-0.25, -0.2) is 0 Å². The molecule has 0 fully saturated rings. The number of carbonyl (C=O) groups excluding carboxylic acids is 9. The van der Waals surface area contributed by atoms with Crippen molar-refractivity contribution in [1.82, 2.24) is 42.5 Å². The number of aldehydes is 1. The van der Waals surface area contributed by atoms with Crippen LogP contribution in [0.1, 0.15) is 132 Å². The normalized spacial score (nSPS) is 14.8. The van der Waals surface area contributed by atoms with Crippen LogP contribution in [0.25, 0.3) is 0 Å². The van der Waals surface area contributed by atoms with Crippen molar-refractivity contribution in [3.05, 3.63) is 29.8 Å². The van der Waals surface area contributed by atoms with Gasteiger partial charge in [0.2, 0.25) is 47.3 Å². The number of aromatic hydroxyl groups is 1. The molecule has 25 heteroatoms. The van der Waals surface area contributed by atoms with Crippen molar-refractivity contribution in [1.29, 1.82) is 0 Å². The number of quaternary nitrogens is 1. The average Bonchev–Trinajstić information content (AvgIpc) is 3.32. The van der Waals surface area contributed by atoms with Crippen LogP contribution in [0.15, 0.2) is 24.3 Å². The zero-order chi connectivity index (χ0) is 58.5. The molecule has 0 radical (unpaired) electrons. The minimum Gasteiger partial charge on any atom is -0.508 e. The number of hydrogen-bond acceptors (Lipinski definition) is 12. The van der Waals surface area contributed by atoms with Crippen LogP contribution in [-0.4, -0.2) is 143 Å². The summed E-state index contributed by atoms with van der Waals surface area (Å²) in [4.78, 5) is 138. The Labute approximate surface area is 452 Å². The van der Waals surface area contributed by atoms with Gasteiger partial charge in [0.1, 0.15) is 54.3 Å². The molecule has 1 aromatic rings. The number of nitrogens with two attached hydrogens (primary N) is 3. The van der Waals surface area contributed by atoms with E-state index in [1.165, 1.54) is 31.2 Å². The molecule has 434 valence electrons. The molecule has 1 rings (SSSR count). The molecule has 1 aromatic carbocycles. The van der Waals surface area contributed by atoms with Gasteiger partial charge in [-0.15, -0.1) is 0 Å². The van der Waals surface area contributed by atoms with E-state index in [2.05, 4.69) is 53.3 Å². The monoisotopic (exact) mass is 1090 g/mol. The number of carboxylic acid groups (broad SMARTS) is 1. The molecule has 0 aliphatic carbocycles. The standard InChI is InChI=1S/C52H89N13O12/c1-28(2)21-37(60-44(70)32(9)54)48(74)61-38(22-29(3)4)47(73)59-36(14-12-20-57-52(55)56)45(71)64-41(25-33-15-17-35(67)18-16-33)51(77)63-39(23-30(5)6)49(75)62-40(24-31(7)8)50(76)65-42(26-43(68)69)46(72)58-34(27-66)13-10-11-19-53/h15-18,27-32,34,36-42,67H,10-14,19-26,53-54H2,1-9H3,(H,58,72)(H,59,73)(H,60,70)(H,61,74)(H,62,75)(H,63,77)(H,64,71)(H,65,76)(H,68,69)(H4,55,56,57)/p+2/t32-,34-,36-,37-,38-,39-,40-,41-,42-/m0/s1. The SMILES string of the molecule is CC(C)C[C@H](NC(=O)[C@H](C)N)C(=O)N[C@@H](CC(C)C)C(=O)N[C@@H](CCC[NH+]=C(N)N)C(=O)N[C@@H](Cc1ccc(O)cc1)C(=O)N[C@@H](CC(C)C)C(=O)N[C@@H](CC(C)C)C(=O)N[C@@H](CC(=O)O)C(=O)N[C@H](C=O)CCCC[NH3+]. The molecule has 0 heterocycles. The molecule has 0 saturated carbocycles. The first kappa shape index (κ1) is 68.1. The maximum Gasteiger partial charge on any atom is 0.338 e. The molecule has 0 aromatic heterocycles. The Hall–Kier alpha value is -6.89. The first-order valence-electron chi connectivity index (χ1n) is 26.6. The molecule has 20 N–H and O–H groups in total. The maximum absolute atomic E-state index is 14.6. The molecule has 0 aliphatic rings. The van der Waals surface area contributed by atoms with Crippen molar-refractivity contribution in [3.63, 3.8) is 0 Å². The average molecular weight is 1090 g/mol. The fraction of sp³-hybridized carbons (Fsp3) is 0.673. The fourth-order valence-corrected chi connectivity index (χ4v) is 8.02. The van der Waals surface area contributed by atoms with Crippen LogP contribution in [0.3, 0.4) is 0 Å². The van der Waals surface area contributed by atoms with Gasteiger partial charge in [-0.1, -0.05) is 67.5 Å². The maximum atomic E-state index is 14.6. The lowest BCUT2D eigenvalue weighted by Gasteiger charge is -2.29. The van der Waals surface area contributed by atoms with Gasteiger partial charge in [0, 0.05) is 6.42 Å². The minimum absolute atomic E-state index is 0.0196. The van der Waals surface area contributed by atoms with E-state index in [1.807, 2.05) is 27.7 Å². The van der Waals surface area contributed by atoms with Gasteiger partial charge in [-0.2, -0.15) is 0 Å². The topological polar surface area (TPSA) is 427 Å². The van der Waals surface area contributed by atoms with Crippen LogP contribution in [0.2, 0.25) is 0 Å². The number of hydrogen-bond donors (Lipinski definition) is 15. The van der Waals surface area contributed by atoms with Crippen molar-refractivity contribution in [2.45, 2.75) is 187 Å². The summed E-state index contributed by atoms with van der Waals surface area (Å²) >= 11 is 0. The van der Waals surface area contributed by atoms with Gasteiger partial charge in [-0.05, 0) is 106 Å². The largest absolute Gasteiger partial charge is 0.508 e. The minimum atomic E-state index is -1.62. The highest BCUT2D eigenvalue weighted by Gasteiger charge is 2.36. The third-order valence-corrected chi connectivity index (χ3v) is 11.9. The second kappa shape index (κ2) is 35.4. The van der Waals surface area contributed by atoms with E-state index in [4.69, 9.17) is 17.2 Å². The number of phenols is 1. The van der Waals surface area contributed by atoms with Crippen LogP contribution in [0.5, 0.6) is 5.75 Å². The van der Waals surface area contributed by atoms with Gasteiger partial charge in [0.25, 0.3) is 0 Å². The Balaban J connectivity index is 3.69. The van der Waals surface area contributed by atoms with Crippen LogP contribution in [0.4, 0.5) is 0 Å². The number of unbranched alkanes of at least 4 members (excludes halogenated alkanes) is 1. The molecule has 25 nitrogen and oxygen atoms in total. The Kier molecular flexibility index (Phi) is 31.4. The van der Waals surface area contributed by atoms with E-state index in [-0.39, 0.29) is 93.3 Å². The molecular weight excluding hydrogens is 999 g/mol. The van der Waals surface area contributed by atoms with Crippen molar-refractivity contribution in [2.75, 3.05) is 13.1 Å². The third kappa shape index (κ3) is 28.2. The number of carbonyl (C=O) groups is 10. The van der Waals surface area contributed by atoms with Crippen LogP contribution < -0.4 is 70.5 Å². The molecule has 77 heavy (non-hydrogen) atoms. The molecule has 9 atom stereocenters. The van der Waals surface area contributed by atoms with Crippen LogP contribution >= 0.6 is 0 Å². The van der Waals surface area contributed by atoms with Crippen molar-refractivity contribution in [3.8, 4) is 5.75 Å². The molecular formula is C52H91N13O12+2. The van der Waals surface area contributed by atoms with Gasteiger partial charge in [0.15, 0.2) is 0 Å². The van der Waals surface area contributed by atoms with E-state index >= 15 is 0 Å². The fourth-order valence-electron chi connectivity index (χ4n) is 8.02. The van der Waals surface area contributed by atoms with Gasteiger partial charge >= 0.3 is 11.9 Å². The number of guanidine groups is 1. The first-order chi connectivity index (χ1) is 36.1. The zero-order valence-electron chi connectivity index (χ0n) is 46.5. The predicted molar refractivity (Wildman–Crippen MR) is 287 cm³/mol. The number of rotatable bonds is 37. The summed E-state index contributed by atoms with van der Waals surface area (Å²) in [6.45, 7) is 16.8. The Morgan fingerprint density at radius 1 is 0.532 bits per heavy atom. The van der Waals surface area contributed by atoms with Crippen LogP contribution in [-0.2, 0) is 54.4 Å². The molecule has 0 bridgehead atoms. The molecule has 0 unspecified atom stereocenters. The number of nitrogens with one attached hydrogen (secondary N) is 9. The Morgan fingerprint density at radius 3 is 1.30 bits per heavy atom. The van der Waals surface area contributed by atoms with Gasteiger partial charge in [0.05, 0.1) is 31.6 Å². The van der Waals surface area contributed by atoms with E-state index in [0.717, 1.165) is 0 Å². The highest BCUT2D eigenvalue weighted by atomic mass is 16.4. The number of benzene rings is 1. The van der Waals surface area contributed by atoms with Crippen molar-refractivity contribution >= 4 is 65.5 Å².